The lowest BCUT2D eigenvalue weighted by molar-refractivity contribution is 0.102. The average molecular weight is 437 g/mol. The van der Waals surface area contributed by atoms with Gasteiger partial charge in [0.2, 0.25) is 5.95 Å². The number of pyridine rings is 1. The number of aromatic nitrogens is 3. The van der Waals surface area contributed by atoms with Gasteiger partial charge in [0.1, 0.15) is 36.2 Å². The zero-order valence-electron chi connectivity index (χ0n) is 17.4. The molecule has 32 heavy (non-hydrogen) atoms. The number of nitrogens with one attached hydrogen (secondary N) is 1. The first-order valence-corrected chi connectivity index (χ1v) is 10.3. The maximum atomic E-state index is 12.6. The molecule has 4 rings (SSSR count). The number of nitrogens with two attached hydrogens (primary N) is 1. The molecular weight excluding hydrogens is 413 g/mol. The molecule has 0 bridgehead atoms. The number of nitrogen functional groups attached to an aromatic ring is 1. The molecule has 1 aliphatic heterocycles. The second-order valence-corrected chi connectivity index (χ2v) is 7.15. The summed E-state index contributed by atoms with van der Waals surface area (Å²) in [5, 5.41) is 2.75. The molecule has 9 nitrogen and oxygen atoms in total. The number of piperazine rings is 1. The molecule has 3 aromatic rings. The zero-order chi connectivity index (χ0) is 22.3. The second-order valence-electron chi connectivity index (χ2n) is 7.15. The molecule has 2 aromatic heterocycles. The number of halogens is 1. The fourth-order valence-corrected chi connectivity index (χ4v) is 3.38. The molecule has 1 fully saturated rings. The summed E-state index contributed by atoms with van der Waals surface area (Å²) in [6.07, 6.45) is 3.22. The van der Waals surface area contributed by atoms with Gasteiger partial charge in [0.05, 0.1) is 0 Å². The summed E-state index contributed by atoms with van der Waals surface area (Å²) in [4.78, 5) is 29.9. The molecule has 0 radical (unpaired) electrons. The van der Waals surface area contributed by atoms with Crippen LogP contribution in [0.15, 0.2) is 54.9 Å². The number of rotatable bonds is 7. The standard InChI is InChI=1S/C22H24FN7O2/c23-8-14-32-17-6-4-16(5-7-17)27-21(31)18-15-26-22(28-20(18)24)30-12-10-29(11-13-30)19-3-1-2-9-25-19/h1-7,9,15H,8,10-14H2,(H,27,31)(H2,24,26,28). The van der Waals surface area contributed by atoms with Gasteiger partial charge in [-0.1, -0.05) is 6.07 Å². The van der Waals surface area contributed by atoms with Crippen LogP contribution in [-0.2, 0) is 0 Å². The number of benzene rings is 1. The molecular formula is C22H24FN7O2. The molecule has 3 heterocycles. The SMILES string of the molecule is Nc1nc(N2CCN(c3ccccn3)CC2)ncc1C(=O)Nc1ccc(OCCF)cc1. The Morgan fingerprint density at radius 2 is 1.81 bits per heavy atom. The molecule has 0 atom stereocenters. The fraction of sp³-hybridized carbons (Fsp3) is 0.273. The molecule has 0 saturated carbocycles. The third-order valence-corrected chi connectivity index (χ3v) is 5.04. The van der Waals surface area contributed by atoms with E-state index in [-0.39, 0.29) is 18.0 Å². The molecule has 1 saturated heterocycles. The number of ether oxygens (including phenoxy) is 1. The summed E-state index contributed by atoms with van der Waals surface area (Å²) < 4.78 is 17.4. The van der Waals surface area contributed by atoms with Crippen molar-refractivity contribution in [3.63, 3.8) is 0 Å². The van der Waals surface area contributed by atoms with E-state index in [1.807, 2.05) is 23.1 Å². The number of anilines is 4. The molecule has 0 unspecified atom stereocenters. The van der Waals surface area contributed by atoms with Gasteiger partial charge in [-0.2, -0.15) is 4.98 Å². The Morgan fingerprint density at radius 1 is 1.06 bits per heavy atom. The van der Waals surface area contributed by atoms with E-state index in [1.165, 1.54) is 6.20 Å². The first kappa shape index (κ1) is 21.3. The van der Waals surface area contributed by atoms with E-state index < -0.39 is 12.6 Å². The van der Waals surface area contributed by atoms with Crippen LogP contribution < -0.4 is 25.6 Å². The van der Waals surface area contributed by atoms with Gasteiger partial charge in [-0.3, -0.25) is 4.79 Å². The molecule has 0 aliphatic carbocycles. The highest BCUT2D eigenvalue weighted by atomic mass is 19.1. The highest BCUT2D eigenvalue weighted by Crippen LogP contribution is 2.20. The van der Waals surface area contributed by atoms with E-state index in [0.29, 0.717) is 17.4 Å². The van der Waals surface area contributed by atoms with Crippen molar-refractivity contribution in [2.24, 2.45) is 0 Å². The largest absolute Gasteiger partial charge is 0.491 e. The van der Waals surface area contributed by atoms with Crippen LogP contribution in [-0.4, -0.2) is 60.3 Å². The topological polar surface area (TPSA) is 110 Å². The monoisotopic (exact) mass is 437 g/mol. The molecule has 1 aromatic carbocycles. The Kier molecular flexibility index (Phi) is 6.59. The number of hydrogen-bond acceptors (Lipinski definition) is 8. The van der Waals surface area contributed by atoms with Crippen LogP contribution in [0.5, 0.6) is 5.75 Å². The Bertz CT molecular complexity index is 1040. The maximum Gasteiger partial charge on any atom is 0.260 e. The van der Waals surface area contributed by atoms with Crippen molar-refractivity contribution in [2.45, 2.75) is 0 Å². The van der Waals surface area contributed by atoms with Gasteiger partial charge < -0.3 is 25.6 Å². The minimum Gasteiger partial charge on any atom is -0.491 e. The predicted molar refractivity (Wildman–Crippen MR) is 121 cm³/mol. The van der Waals surface area contributed by atoms with Crippen molar-refractivity contribution in [3.05, 3.63) is 60.4 Å². The first-order valence-electron chi connectivity index (χ1n) is 10.3. The van der Waals surface area contributed by atoms with Crippen LogP contribution in [0.2, 0.25) is 0 Å². The van der Waals surface area contributed by atoms with Gasteiger partial charge in [-0.25, -0.2) is 14.4 Å². The normalized spacial score (nSPS) is 13.7. The van der Waals surface area contributed by atoms with Gasteiger partial charge in [0.15, 0.2) is 0 Å². The van der Waals surface area contributed by atoms with E-state index in [0.717, 1.165) is 32.0 Å². The molecule has 3 N–H and O–H groups in total. The minimum absolute atomic E-state index is 0.00980. The van der Waals surface area contributed by atoms with E-state index in [4.69, 9.17) is 10.5 Å². The van der Waals surface area contributed by atoms with Crippen molar-refractivity contribution in [1.29, 1.82) is 0 Å². The van der Waals surface area contributed by atoms with Gasteiger partial charge in [-0.05, 0) is 36.4 Å². The number of nitrogens with zero attached hydrogens (tertiary/aromatic N) is 5. The Labute approximate surface area is 185 Å². The molecule has 1 amide bonds. The fourth-order valence-electron chi connectivity index (χ4n) is 3.38. The summed E-state index contributed by atoms with van der Waals surface area (Å²) in [5.74, 6) is 1.67. The van der Waals surface area contributed by atoms with Gasteiger partial charge in [0, 0.05) is 44.3 Å². The lowest BCUT2D eigenvalue weighted by Crippen LogP contribution is -2.47. The molecule has 10 heteroatoms. The summed E-state index contributed by atoms with van der Waals surface area (Å²) in [6.45, 7) is 2.44. The predicted octanol–water partition coefficient (Wildman–Crippen LogP) is 2.38. The number of amides is 1. The van der Waals surface area contributed by atoms with Crippen molar-refractivity contribution >= 4 is 29.2 Å². The highest BCUT2D eigenvalue weighted by Gasteiger charge is 2.21. The Hall–Kier alpha value is -3.95. The maximum absolute atomic E-state index is 12.6. The van der Waals surface area contributed by atoms with E-state index in [2.05, 4.69) is 25.2 Å². The zero-order valence-corrected chi connectivity index (χ0v) is 17.4. The van der Waals surface area contributed by atoms with Crippen LogP contribution in [0, 0.1) is 0 Å². The minimum atomic E-state index is -0.562. The summed E-state index contributed by atoms with van der Waals surface area (Å²) in [7, 11) is 0. The molecule has 166 valence electrons. The first-order chi connectivity index (χ1) is 15.6. The third-order valence-electron chi connectivity index (χ3n) is 5.04. The van der Waals surface area contributed by atoms with Crippen LogP contribution in [0.1, 0.15) is 10.4 Å². The van der Waals surface area contributed by atoms with Gasteiger partial charge in [-0.15, -0.1) is 0 Å². The van der Waals surface area contributed by atoms with E-state index in [9.17, 15) is 9.18 Å². The smallest absolute Gasteiger partial charge is 0.260 e. The summed E-state index contributed by atoms with van der Waals surface area (Å²) in [5.41, 5.74) is 6.81. The van der Waals surface area contributed by atoms with Crippen molar-refractivity contribution in [2.75, 3.05) is 60.3 Å². The number of carbonyl (C=O) groups excluding carboxylic acids is 1. The van der Waals surface area contributed by atoms with E-state index >= 15 is 0 Å². The van der Waals surface area contributed by atoms with Crippen LogP contribution in [0.4, 0.5) is 27.7 Å². The van der Waals surface area contributed by atoms with E-state index in [1.54, 1.807) is 30.5 Å². The molecule has 0 spiro atoms. The number of alkyl halides is 1. The molecule has 1 aliphatic rings. The second kappa shape index (κ2) is 9.90. The third kappa shape index (κ3) is 5.02. The number of carbonyl (C=O) groups is 1. The lowest BCUT2D eigenvalue weighted by Gasteiger charge is -2.35. The quantitative estimate of drug-likeness (QED) is 0.580. The lowest BCUT2D eigenvalue weighted by atomic mass is 10.2. The Balaban J connectivity index is 1.36. The van der Waals surface area contributed by atoms with Gasteiger partial charge in [0.25, 0.3) is 5.91 Å². The van der Waals surface area contributed by atoms with Crippen molar-refractivity contribution in [1.82, 2.24) is 15.0 Å². The van der Waals surface area contributed by atoms with Crippen molar-refractivity contribution < 1.29 is 13.9 Å². The van der Waals surface area contributed by atoms with Crippen LogP contribution in [0.3, 0.4) is 0 Å². The number of hydrogen-bond donors (Lipinski definition) is 2. The van der Waals surface area contributed by atoms with Crippen LogP contribution in [0.25, 0.3) is 0 Å². The highest BCUT2D eigenvalue weighted by molar-refractivity contribution is 6.07. The van der Waals surface area contributed by atoms with Crippen LogP contribution >= 0.6 is 0 Å². The van der Waals surface area contributed by atoms with Crippen molar-refractivity contribution in [3.8, 4) is 5.75 Å². The summed E-state index contributed by atoms with van der Waals surface area (Å²) >= 11 is 0. The Morgan fingerprint density at radius 3 is 2.47 bits per heavy atom. The average Bonchev–Trinajstić information content (AvgIpc) is 2.84. The van der Waals surface area contributed by atoms with Gasteiger partial charge >= 0.3 is 0 Å². The summed E-state index contributed by atoms with van der Waals surface area (Å²) in [6, 6.07) is 12.5.